The number of rotatable bonds is 3. The lowest BCUT2D eigenvalue weighted by Crippen LogP contribution is -2.14. The van der Waals surface area contributed by atoms with Crippen molar-refractivity contribution in [3.63, 3.8) is 0 Å². The molecule has 7 heteroatoms. The van der Waals surface area contributed by atoms with Crippen molar-refractivity contribution in [2.24, 2.45) is 5.92 Å². The summed E-state index contributed by atoms with van der Waals surface area (Å²) in [4.78, 5) is 22.6. The van der Waals surface area contributed by atoms with Crippen LogP contribution >= 0.6 is 0 Å². The Bertz CT molecular complexity index is 717. The van der Waals surface area contributed by atoms with E-state index in [0.717, 1.165) is 18.4 Å². The summed E-state index contributed by atoms with van der Waals surface area (Å²) >= 11 is 0. The molecule has 2 aromatic rings. The topological polar surface area (TPSA) is 98.8 Å². The van der Waals surface area contributed by atoms with Crippen molar-refractivity contribution < 1.29 is 4.74 Å². The number of nitrogens with two attached hydrogens (primary N) is 1. The molecule has 2 atom stereocenters. The van der Waals surface area contributed by atoms with E-state index >= 15 is 0 Å². The van der Waals surface area contributed by atoms with Crippen molar-refractivity contribution in [1.82, 2.24) is 19.5 Å². The Labute approximate surface area is 115 Å². The van der Waals surface area contributed by atoms with E-state index in [2.05, 4.69) is 21.5 Å². The molecule has 106 valence electrons. The molecule has 2 aromatic heterocycles. The predicted octanol–water partition coefficient (Wildman–Crippen LogP) is 0.855. The fourth-order valence-corrected chi connectivity index (χ4v) is 2.88. The first kappa shape index (κ1) is 12.9. The quantitative estimate of drug-likeness (QED) is 0.809. The van der Waals surface area contributed by atoms with Gasteiger partial charge in [0.1, 0.15) is 0 Å². The first-order chi connectivity index (χ1) is 9.61. The molecule has 0 amide bonds. The molecule has 3 rings (SSSR count). The molecule has 0 aliphatic heterocycles. The van der Waals surface area contributed by atoms with Crippen LogP contribution in [0.5, 0.6) is 0 Å². The third-order valence-electron chi connectivity index (χ3n) is 3.90. The number of aromatic amines is 1. The van der Waals surface area contributed by atoms with Crippen LogP contribution in [0.15, 0.2) is 23.3 Å². The second kappa shape index (κ2) is 4.75. The Kier molecular flexibility index (Phi) is 3.06. The number of aromatic nitrogens is 4. The molecule has 1 aliphatic rings. The highest BCUT2D eigenvalue weighted by Crippen LogP contribution is 2.39. The molecule has 0 unspecified atom stereocenters. The number of nitrogens with one attached hydrogen (secondary N) is 1. The number of ether oxygens (including phenoxy) is 1. The molecule has 0 spiro atoms. The summed E-state index contributed by atoms with van der Waals surface area (Å²) in [6, 6.07) is 0.0915. The standard InChI is InChI=1S/C13H17N5O2/c1-7-8(5-20-2)3-4-9(7)18-6-15-10-11(18)16-13(14)17-12(10)19/h6,8-9H,1,3-5H2,2H3,(H3,14,16,17,19)/t8-,9-/m0/s1. The van der Waals surface area contributed by atoms with Crippen molar-refractivity contribution in [2.45, 2.75) is 18.9 Å². The van der Waals surface area contributed by atoms with Gasteiger partial charge in [-0.05, 0) is 18.4 Å². The smallest absolute Gasteiger partial charge is 0.280 e. The molecule has 7 nitrogen and oxygen atoms in total. The van der Waals surface area contributed by atoms with E-state index in [9.17, 15) is 4.79 Å². The van der Waals surface area contributed by atoms with Crippen LogP contribution in [-0.2, 0) is 4.74 Å². The number of hydrogen-bond donors (Lipinski definition) is 2. The van der Waals surface area contributed by atoms with E-state index in [1.54, 1.807) is 13.4 Å². The monoisotopic (exact) mass is 275 g/mol. The highest BCUT2D eigenvalue weighted by Gasteiger charge is 2.31. The maximum Gasteiger partial charge on any atom is 0.280 e. The lowest BCUT2D eigenvalue weighted by atomic mass is 10.0. The normalized spacial score (nSPS) is 22.8. The summed E-state index contributed by atoms with van der Waals surface area (Å²) in [7, 11) is 1.69. The lowest BCUT2D eigenvalue weighted by Gasteiger charge is -2.16. The highest BCUT2D eigenvalue weighted by molar-refractivity contribution is 5.70. The molecule has 0 aromatic carbocycles. The Morgan fingerprint density at radius 3 is 3.15 bits per heavy atom. The average molecular weight is 275 g/mol. The van der Waals surface area contributed by atoms with E-state index in [1.807, 2.05) is 4.57 Å². The van der Waals surface area contributed by atoms with E-state index < -0.39 is 0 Å². The number of nitrogens with zero attached hydrogens (tertiary/aromatic N) is 3. The Morgan fingerprint density at radius 1 is 1.60 bits per heavy atom. The van der Waals surface area contributed by atoms with E-state index in [4.69, 9.17) is 10.5 Å². The molecule has 2 heterocycles. The third kappa shape index (κ3) is 1.90. The molecular formula is C13H17N5O2. The Hall–Kier alpha value is -2.15. The van der Waals surface area contributed by atoms with Gasteiger partial charge in [-0.15, -0.1) is 0 Å². The fourth-order valence-electron chi connectivity index (χ4n) is 2.88. The number of methoxy groups -OCH3 is 1. The van der Waals surface area contributed by atoms with Gasteiger partial charge in [0, 0.05) is 13.0 Å². The Balaban J connectivity index is 2.04. The van der Waals surface area contributed by atoms with E-state index in [1.165, 1.54) is 0 Å². The van der Waals surface area contributed by atoms with Crippen LogP contribution in [0.4, 0.5) is 5.95 Å². The van der Waals surface area contributed by atoms with Crippen LogP contribution in [0.25, 0.3) is 11.2 Å². The van der Waals surface area contributed by atoms with Crippen LogP contribution in [0.1, 0.15) is 18.9 Å². The number of anilines is 1. The zero-order valence-corrected chi connectivity index (χ0v) is 11.3. The summed E-state index contributed by atoms with van der Waals surface area (Å²) in [6.45, 7) is 4.83. The number of H-pyrrole nitrogens is 1. The SMILES string of the molecule is C=C1[C@H](COC)CC[C@@H]1n1cnc2c(=O)[nH]c(N)nc21. The highest BCUT2D eigenvalue weighted by atomic mass is 16.5. The zero-order chi connectivity index (χ0) is 14.3. The second-order valence-electron chi connectivity index (χ2n) is 5.10. The molecule has 0 radical (unpaired) electrons. The van der Waals surface area contributed by atoms with Gasteiger partial charge in [-0.25, -0.2) is 4.98 Å². The minimum atomic E-state index is -0.316. The van der Waals surface area contributed by atoms with Gasteiger partial charge in [-0.3, -0.25) is 9.78 Å². The summed E-state index contributed by atoms with van der Waals surface area (Å²) in [5, 5.41) is 0. The fraction of sp³-hybridized carbons (Fsp3) is 0.462. The van der Waals surface area contributed by atoms with Crippen LogP contribution in [0, 0.1) is 5.92 Å². The molecule has 1 fully saturated rings. The van der Waals surface area contributed by atoms with Gasteiger partial charge in [-0.2, -0.15) is 4.98 Å². The van der Waals surface area contributed by atoms with Crippen molar-refractivity contribution in [2.75, 3.05) is 19.5 Å². The average Bonchev–Trinajstić information content (AvgIpc) is 2.95. The molecule has 0 bridgehead atoms. The van der Waals surface area contributed by atoms with Gasteiger partial charge in [0.2, 0.25) is 5.95 Å². The maximum absolute atomic E-state index is 11.8. The lowest BCUT2D eigenvalue weighted by molar-refractivity contribution is 0.168. The number of imidazole rings is 1. The molecule has 0 saturated heterocycles. The van der Waals surface area contributed by atoms with E-state index in [0.29, 0.717) is 23.7 Å². The zero-order valence-electron chi connectivity index (χ0n) is 11.3. The van der Waals surface area contributed by atoms with Gasteiger partial charge in [-0.1, -0.05) is 6.58 Å². The summed E-state index contributed by atoms with van der Waals surface area (Å²) < 4.78 is 7.10. The summed E-state index contributed by atoms with van der Waals surface area (Å²) in [5.41, 5.74) is 7.20. The van der Waals surface area contributed by atoms with Crippen LogP contribution in [0.3, 0.4) is 0 Å². The predicted molar refractivity (Wildman–Crippen MR) is 75.3 cm³/mol. The number of nitrogen functional groups attached to an aromatic ring is 1. The van der Waals surface area contributed by atoms with Gasteiger partial charge >= 0.3 is 0 Å². The number of hydrogen-bond acceptors (Lipinski definition) is 5. The molecule has 3 N–H and O–H groups in total. The van der Waals surface area contributed by atoms with E-state index in [-0.39, 0.29) is 17.5 Å². The first-order valence-corrected chi connectivity index (χ1v) is 6.51. The van der Waals surface area contributed by atoms with Crippen LogP contribution in [0.2, 0.25) is 0 Å². The van der Waals surface area contributed by atoms with Crippen molar-refractivity contribution in [3.8, 4) is 0 Å². The van der Waals surface area contributed by atoms with Gasteiger partial charge in [0.05, 0.1) is 19.0 Å². The third-order valence-corrected chi connectivity index (χ3v) is 3.90. The summed E-state index contributed by atoms with van der Waals surface area (Å²) in [6.07, 6.45) is 3.58. The van der Waals surface area contributed by atoms with Crippen LogP contribution in [-0.4, -0.2) is 33.2 Å². The Morgan fingerprint density at radius 2 is 2.40 bits per heavy atom. The van der Waals surface area contributed by atoms with Crippen molar-refractivity contribution >= 4 is 17.1 Å². The minimum Gasteiger partial charge on any atom is -0.384 e. The largest absolute Gasteiger partial charge is 0.384 e. The molecular weight excluding hydrogens is 258 g/mol. The molecule has 20 heavy (non-hydrogen) atoms. The van der Waals surface area contributed by atoms with Gasteiger partial charge in [0.15, 0.2) is 11.2 Å². The first-order valence-electron chi connectivity index (χ1n) is 6.51. The minimum absolute atomic E-state index is 0.0915. The second-order valence-corrected chi connectivity index (χ2v) is 5.10. The molecule has 1 aliphatic carbocycles. The maximum atomic E-state index is 11.8. The van der Waals surface area contributed by atoms with Gasteiger partial charge < -0.3 is 15.0 Å². The molecule has 1 saturated carbocycles. The number of fused-ring (bicyclic) bond motifs is 1. The van der Waals surface area contributed by atoms with Crippen molar-refractivity contribution in [1.29, 1.82) is 0 Å². The summed E-state index contributed by atoms with van der Waals surface area (Å²) in [5.74, 6) is 0.433. The van der Waals surface area contributed by atoms with Crippen LogP contribution < -0.4 is 11.3 Å². The van der Waals surface area contributed by atoms with Crippen molar-refractivity contribution in [3.05, 3.63) is 28.8 Å². The van der Waals surface area contributed by atoms with Gasteiger partial charge in [0.25, 0.3) is 5.56 Å².